The van der Waals surface area contributed by atoms with Crippen molar-refractivity contribution in [3.05, 3.63) is 119 Å². The van der Waals surface area contributed by atoms with Gasteiger partial charge in [-0.2, -0.15) is 35.1 Å². The molecule has 0 saturated heterocycles. The highest BCUT2D eigenvalue weighted by molar-refractivity contribution is 6.89. The van der Waals surface area contributed by atoms with Gasteiger partial charge < -0.3 is 132 Å². The van der Waals surface area contributed by atoms with Gasteiger partial charge in [-0.05, 0) is 240 Å². The van der Waals surface area contributed by atoms with Crippen LogP contribution in [0.25, 0.3) is 0 Å². The summed E-state index contributed by atoms with van der Waals surface area (Å²) in [5.74, 6) is -23.5. The van der Waals surface area contributed by atoms with Crippen LogP contribution >= 0.6 is 0 Å². The molecule has 0 aromatic heterocycles. The molecule has 4 aromatic rings. The van der Waals surface area contributed by atoms with Crippen molar-refractivity contribution in [1.82, 2.24) is 0 Å². The Morgan fingerprint density at radius 2 is 0.386 bits per heavy atom. The third-order valence-corrected chi connectivity index (χ3v) is 72.9. The molecule has 0 heterocycles. The van der Waals surface area contributed by atoms with E-state index in [1.54, 1.807) is 128 Å². The van der Waals surface area contributed by atoms with E-state index in [9.17, 15) is 35.1 Å². The molecule has 4 rings (SSSR count). The average molecular weight is 2350 g/mol. The summed E-state index contributed by atoms with van der Waals surface area (Å²) < 4.78 is 279. The number of hydrogen-bond donors (Lipinski definition) is 0. The Bertz CT molecular complexity index is 3730. The van der Waals surface area contributed by atoms with E-state index in [-0.39, 0.29) is 0 Å². The summed E-state index contributed by atoms with van der Waals surface area (Å²) in [5, 5.41) is 4.05. The van der Waals surface area contributed by atoms with Crippen molar-refractivity contribution >= 4 is 150 Å². The largest absolute Gasteiger partial charge is 0.537 e. The highest BCUT2D eigenvalue weighted by atomic mass is 28.5. The lowest BCUT2D eigenvalue weighted by Crippen LogP contribution is -2.62. The van der Waals surface area contributed by atoms with Gasteiger partial charge in [-0.15, -0.1) is 0 Å². The van der Waals surface area contributed by atoms with E-state index in [2.05, 4.69) is 114 Å². The number of aryl methyl sites for hydroxylation is 4. The Balaban J connectivity index is 0. The molecule has 0 atom stereocenters. The first kappa shape index (κ1) is 145. The molecule has 0 bridgehead atoms. The maximum absolute atomic E-state index is 13.9. The lowest BCUT2D eigenvalue weighted by Gasteiger charge is -2.40. The third-order valence-electron chi connectivity index (χ3n) is 25.9. The molecule has 0 spiro atoms. The van der Waals surface area contributed by atoms with Gasteiger partial charge >= 0.3 is 136 Å². The SMILES string of the molecule is CCO[Si](OCC)(OCC)c1ccc([Si](OCC)(OCC)OCC)cc1.CO[Si](C)(CCC(F)(F)C(F)(F)C(F)(F)C(F)(F)CC[Si](C)(OC)OC)OC.CO[Si](C)(CC[Si](C)(C)O[Si](C)(C)O[Si](C)(C)CC[Si](C)(OC)OC)OC.CO[Si](C)(CCc1ccc(CC[Si](C)(OC)OC)cc1)OC.CO[Si](C)(OC)c1ccc([Si](C)(OC)OC)cc1.CO[Si](CCc1ccc(CC[Si](OC)(OC)OC)cc1)(OC)OC. The molecule has 0 aliphatic carbocycles. The molecule has 0 amide bonds. The van der Waals surface area contributed by atoms with E-state index in [4.69, 9.17) is 132 Å². The van der Waals surface area contributed by atoms with Gasteiger partial charge in [-0.25, -0.2) is 0 Å². The molecule has 850 valence electrons. The number of halogens is 8. The Morgan fingerprint density at radius 3 is 0.566 bits per heavy atom. The van der Waals surface area contributed by atoms with Gasteiger partial charge in [0.05, 0.1) is 0 Å². The predicted molar refractivity (Wildman–Crippen MR) is 591 cm³/mol. The van der Waals surface area contributed by atoms with Crippen LogP contribution in [-0.4, -0.2) is 349 Å². The first-order valence-electron chi connectivity index (χ1n) is 48.7. The third kappa shape index (κ3) is 47.4. The fraction of sp³-hybridized carbons (Fsp3) is 0.739. The molecule has 0 fully saturated rings. The molecule has 53 heteroatoms. The van der Waals surface area contributed by atoms with Crippen molar-refractivity contribution in [3.63, 3.8) is 0 Å². The van der Waals surface area contributed by atoms with Gasteiger partial charge in [-0.3, -0.25) is 0 Å². The quantitative estimate of drug-likeness (QED) is 0.0293. The van der Waals surface area contributed by atoms with Gasteiger partial charge in [0.15, 0.2) is 16.6 Å². The number of alkyl halides is 8. The summed E-state index contributed by atoms with van der Waals surface area (Å²) in [6, 6.07) is 39.2. The van der Waals surface area contributed by atoms with Crippen LogP contribution in [0.15, 0.2) is 97.1 Å². The van der Waals surface area contributed by atoms with Crippen LogP contribution in [-0.2, 0) is 158 Å². The summed E-state index contributed by atoms with van der Waals surface area (Å²) in [4.78, 5) is 0. The van der Waals surface area contributed by atoms with Gasteiger partial charge in [0.1, 0.15) is 0 Å². The fourth-order valence-electron chi connectivity index (χ4n) is 14.5. The molecular weight excluding hydrogens is 2160 g/mol. The second kappa shape index (κ2) is 68.1. The summed E-state index contributed by atoms with van der Waals surface area (Å²) in [6.45, 7) is 43.3. The molecule has 145 heavy (non-hydrogen) atoms. The van der Waals surface area contributed by atoms with Crippen LogP contribution in [0.4, 0.5) is 35.1 Å². The minimum atomic E-state index is -6.31. The van der Waals surface area contributed by atoms with Crippen LogP contribution < -0.4 is 20.7 Å². The van der Waals surface area contributed by atoms with E-state index in [0.29, 0.717) is 39.6 Å². The van der Waals surface area contributed by atoms with Gasteiger partial charge in [0.25, 0.3) is 0 Å². The molecule has 0 N–H and O–H groups in total. The van der Waals surface area contributed by atoms with Crippen molar-refractivity contribution < 1.29 is 167 Å². The average Bonchev–Trinajstić information content (AvgIpc) is 0.734. The van der Waals surface area contributed by atoms with Gasteiger partial charge in [-0.1, -0.05) is 97.1 Å². The van der Waals surface area contributed by atoms with Gasteiger partial charge in [0.2, 0.25) is 0 Å². The predicted octanol–water partition coefficient (Wildman–Crippen LogP) is 19.0. The summed E-state index contributed by atoms with van der Waals surface area (Å²) in [7, 11) is -1.09. The number of benzene rings is 4. The van der Waals surface area contributed by atoms with E-state index < -0.39 is 178 Å². The van der Waals surface area contributed by atoms with Gasteiger partial charge in [0, 0.05) is 231 Å². The molecule has 0 aliphatic rings. The smallest absolute Gasteiger partial charge is 0.437 e. The van der Waals surface area contributed by atoms with Crippen molar-refractivity contribution in [2.24, 2.45) is 0 Å². The molecule has 0 saturated carbocycles. The zero-order valence-electron chi connectivity index (χ0n) is 95.6. The Labute approximate surface area is 882 Å². The number of hydrogen-bond acceptors (Lipinski definition) is 30. The molecule has 30 nitrogen and oxygen atoms in total. The van der Waals surface area contributed by atoms with Crippen LogP contribution in [0.1, 0.15) is 76.6 Å². The van der Waals surface area contributed by atoms with Crippen LogP contribution in [0, 0.1) is 0 Å². The molecule has 0 aliphatic heterocycles. The molecule has 0 unspecified atom stereocenters. The second-order valence-corrected chi connectivity index (χ2v) is 88.6. The van der Waals surface area contributed by atoms with Crippen molar-refractivity contribution in [2.75, 3.05) is 196 Å². The van der Waals surface area contributed by atoms with Crippen molar-refractivity contribution in [2.45, 2.75) is 256 Å². The Morgan fingerprint density at radius 1 is 0.207 bits per heavy atom. The Kier molecular flexibility index (Phi) is 68.3. The lowest BCUT2D eigenvalue weighted by molar-refractivity contribution is -0.366. The summed E-state index contributed by atoms with van der Waals surface area (Å²) in [6.07, 6.45) is 0.0851. The zero-order chi connectivity index (χ0) is 112. The number of rotatable bonds is 69. The minimum absolute atomic E-state index is 0.531. The van der Waals surface area contributed by atoms with Crippen LogP contribution in [0.3, 0.4) is 0 Å². The van der Waals surface area contributed by atoms with Crippen LogP contribution in [0.2, 0.25) is 152 Å². The van der Waals surface area contributed by atoms with E-state index in [0.717, 1.165) is 123 Å². The topological polar surface area (TPSA) is 277 Å². The first-order valence-corrected chi connectivity index (χ1v) is 84.8. The maximum atomic E-state index is 13.9. The Hall–Kier alpha value is -1.63. The van der Waals surface area contributed by atoms with E-state index >= 15 is 0 Å². The van der Waals surface area contributed by atoms with Crippen molar-refractivity contribution in [3.8, 4) is 0 Å². The summed E-state index contributed by atoms with van der Waals surface area (Å²) in [5.41, 5.74) is 5.12. The monoisotopic (exact) mass is 2340 g/mol. The highest BCUT2D eigenvalue weighted by Gasteiger charge is 2.80. The van der Waals surface area contributed by atoms with E-state index in [1.165, 1.54) is 35.3 Å². The van der Waals surface area contributed by atoms with Crippen molar-refractivity contribution in [1.29, 1.82) is 0 Å². The second-order valence-electron chi connectivity index (χ2n) is 36.7. The highest BCUT2D eigenvalue weighted by Crippen LogP contribution is 2.56. The zero-order valence-corrected chi connectivity index (χ0v) is 111. The lowest BCUT2D eigenvalue weighted by atomic mass is 9.95. The maximum Gasteiger partial charge on any atom is 0.537 e. The normalized spacial score (nSPS) is 13.5. The molecular formula is C92H186F8O30Si15. The first-order chi connectivity index (χ1) is 67.4. The van der Waals surface area contributed by atoms with Crippen LogP contribution in [0.5, 0.6) is 0 Å². The fourth-order valence-corrected chi connectivity index (χ4v) is 52.5. The van der Waals surface area contributed by atoms with E-state index in [1.807, 2.05) is 103 Å². The molecule has 0 radical (unpaired) electrons. The summed E-state index contributed by atoms with van der Waals surface area (Å²) >= 11 is 0. The minimum Gasteiger partial charge on any atom is -0.437 e. The molecule has 4 aromatic carbocycles. The standard InChI is InChI=1S/C18H34O6Si2.C16H44O6Si5.C16H30O6Si2.C16H30O4Si2.C14H26F8O4Si2.C12H22O4Si2/c1-7-19-25(20-8-2,21-9-3)17-13-15-18(16-14-17)26(22-10-4,23-11-5)24-12-6;1-17-26(11,18-2)15-13-23(5,6)21-25(9,10)22-24(7,8)14-16-27(12,19-3)20-4;1-17-23(18-2,19-3)13-11-15-7-9-16(10-8-15)12-14-24(20-4,21-5)22-6;1-17-21(5,18-2)13-11-15-7-9-16(10-8-15)12-14-22(6,19-3)20-4;1-23-27(5,24-2)9-7-11(15,16)13(19,20)14(21,22)12(17,18)8-10-28(6,25-3)26-4;1-13-17(5,14-2)11-7-9-12(10-8-11)18(6,15-3)16-4/h13-16H,7-12H2,1-6H3;13-16H2,1-12H3;7-10H,11-14H2,1-6H3;7-10H,11-14H2,1-6H3;7-10H2,1-6H3;7-10H,1-6H3.